The van der Waals surface area contributed by atoms with Crippen LogP contribution in [0.3, 0.4) is 0 Å². The van der Waals surface area contributed by atoms with E-state index in [1.807, 2.05) is 71.4 Å². The van der Waals surface area contributed by atoms with Gasteiger partial charge in [0.2, 0.25) is 0 Å². The Kier molecular flexibility index (Phi) is 4.65. The number of imidazole rings is 1. The van der Waals surface area contributed by atoms with Gasteiger partial charge in [0.15, 0.2) is 0 Å². The first-order valence-electron chi connectivity index (χ1n) is 8.50. The molecule has 0 bridgehead atoms. The molecule has 1 aromatic heterocycles. The average molecular weight is 341 g/mol. The first-order chi connectivity index (χ1) is 12.9. The van der Waals surface area contributed by atoms with E-state index in [2.05, 4.69) is 28.5 Å². The van der Waals surface area contributed by atoms with Crippen molar-refractivity contribution in [1.29, 1.82) is 0 Å². The Labute approximate surface area is 152 Å². The van der Waals surface area contributed by atoms with Crippen LogP contribution in [0.25, 0.3) is 5.69 Å². The molecule has 4 aromatic rings. The lowest BCUT2D eigenvalue weighted by Crippen LogP contribution is -1.99. The summed E-state index contributed by atoms with van der Waals surface area (Å²) >= 11 is 0. The number of anilines is 2. The summed E-state index contributed by atoms with van der Waals surface area (Å²) < 4.78 is 7.90. The third-order valence-electron chi connectivity index (χ3n) is 4.05. The maximum Gasteiger partial charge on any atom is 0.121 e. The Balaban J connectivity index is 1.51. The third kappa shape index (κ3) is 3.75. The predicted octanol–water partition coefficient (Wildman–Crippen LogP) is 5.19. The molecule has 0 radical (unpaired) electrons. The van der Waals surface area contributed by atoms with Crippen LogP contribution in [0.4, 0.5) is 11.4 Å². The standard InChI is InChI=1S/C22H19N3O/c1-2-7-18(8-3-1)16-26-20-10-6-9-19(15-20)24-21-11-4-5-12-22(21)25-14-13-23-17-25/h1-15,17,24H,16H2. The summed E-state index contributed by atoms with van der Waals surface area (Å²) in [6.45, 7) is 0.552. The van der Waals surface area contributed by atoms with E-state index in [1.54, 1.807) is 12.5 Å². The number of nitrogens with zero attached hydrogens (tertiary/aromatic N) is 2. The highest BCUT2D eigenvalue weighted by atomic mass is 16.5. The largest absolute Gasteiger partial charge is 0.489 e. The van der Waals surface area contributed by atoms with E-state index in [4.69, 9.17) is 4.74 Å². The van der Waals surface area contributed by atoms with E-state index in [0.29, 0.717) is 6.61 Å². The molecular weight excluding hydrogens is 322 g/mol. The molecular formula is C22H19N3O. The molecule has 0 atom stereocenters. The highest BCUT2D eigenvalue weighted by Gasteiger charge is 2.05. The Bertz CT molecular complexity index is 966. The molecule has 4 heteroatoms. The molecule has 0 saturated heterocycles. The Morgan fingerprint density at radius 2 is 1.73 bits per heavy atom. The summed E-state index contributed by atoms with van der Waals surface area (Å²) in [5.74, 6) is 0.832. The molecule has 0 aliphatic heterocycles. The van der Waals surface area contributed by atoms with Crippen molar-refractivity contribution in [3.63, 3.8) is 0 Å². The number of para-hydroxylation sites is 2. The number of nitrogens with one attached hydrogen (secondary N) is 1. The lowest BCUT2D eigenvalue weighted by Gasteiger charge is -2.14. The molecule has 0 saturated carbocycles. The van der Waals surface area contributed by atoms with Crippen LogP contribution in [-0.4, -0.2) is 9.55 Å². The van der Waals surface area contributed by atoms with Gasteiger partial charge in [0.1, 0.15) is 12.4 Å². The first kappa shape index (κ1) is 16.0. The predicted molar refractivity (Wildman–Crippen MR) is 104 cm³/mol. The zero-order valence-electron chi connectivity index (χ0n) is 14.2. The number of hydrogen-bond donors (Lipinski definition) is 1. The first-order valence-corrected chi connectivity index (χ1v) is 8.50. The average Bonchev–Trinajstić information content (AvgIpc) is 3.23. The van der Waals surface area contributed by atoms with Gasteiger partial charge >= 0.3 is 0 Å². The zero-order chi connectivity index (χ0) is 17.6. The van der Waals surface area contributed by atoms with Crippen molar-refractivity contribution < 1.29 is 4.74 Å². The van der Waals surface area contributed by atoms with Crippen molar-refractivity contribution in [2.45, 2.75) is 6.61 Å². The van der Waals surface area contributed by atoms with Crippen molar-refractivity contribution in [3.05, 3.63) is 103 Å². The van der Waals surface area contributed by atoms with Crippen molar-refractivity contribution in [3.8, 4) is 11.4 Å². The van der Waals surface area contributed by atoms with Crippen LogP contribution < -0.4 is 10.1 Å². The van der Waals surface area contributed by atoms with Gasteiger partial charge < -0.3 is 14.6 Å². The molecule has 4 rings (SSSR count). The van der Waals surface area contributed by atoms with Crippen molar-refractivity contribution in [2.75, 3.05) is 5.32 Å². The van der Waals surface area contributed by atoms with E-state index in [1.165, 1.54) is 0 Å². The Hall–Kier alpha value is -3.53. The van der Waals surface area contributed by atoms with Gasteiger partial charge in [-0.2, -0.15) is 0 Å². The van der Waals surface area contributed by atoms with Crippen LogP contribution in [0.5, 0.6) is 5.75 Å². The van der Waals surface area contributed by atoms with E-state index >= 15 is 0 Å². The van der Waals surface area contributed by atoms with Gasteiger partial charge in [-0.15, -0.1) is 0 Å². The van der Waals surface area contributed by atoms with E-state index in [9.17, 15) is 0 Å². The third-order valence-corrected chi connectivity index (χ3v) is 4.05. The van der Waals surface area contributed by atoms with Gasteiger partial charge in [-0.3, -0.25) is 0 Å². The molecule has 0 amide bonds. The molecule has 3 aromatic carbocycles. The molecule has 128 valence electrons. The van der Waals surface area contributed by atoms with Crippen LogP contribution in [0.2, 0.25) is 0 Å². The number of ether oxygens (including phenoxy) is 1. The minimum Gasteiger partial charge on any atom is -0.489 e. The SMILES string of the molecule is c1ccc(COc2cccc(Nc3ccccc3-n3ccnc3)c2)cc1. The van der Waals surface area contributed by atoms with Crippen molar-refractivity contribution in [1.82, 2.24) is 9.55 Å². The van der Waals surface area contributed by atoms with Gasteiger partial charge in [-0.1, -0.05) is 48.5 Å². The molecule has 0 spiro atoms. The number of aromatic nitrogens is 2. The van der Waals surface area contributed by atoms with Crippen molar-refractivity contribution in [2.24, 2.45) is 0 Å². The Morgan fingerprint density at radius 1 is 0.885 bits per heavy atom. The second-order valence-electron chi connectivity index (χ2n) is 5.91. The summed E-state index contributed by atoms with van der Waals surface area (Å²) in [6.07, 6.45) is 5.49. The smallest absolute Gasteiger partial charge is 0.121 e. The van der Waals surface area contributed by atoms with Crippen LogP contribution >= 0.6 is 0 Å². The highest BCUT2D eigenvalue weighted by Crippen LogP contribution is 2.26. The molecule has 0 aliphatic rings. The van der Waals surface area contributed by atoms with E-state index < -0.39 is 0 Å². The lowest BCUT2D eigenvalue weighted by atomic mass is 10.2. The molecule has 0 aliphatic carbocycles. The highest BCUT2D eigenvalue weighted by molar-refractivity contribution is 5.69. The summed E-state index contributed by atoms with van der Waals surface area (Å²) in [4.78, 5) is 4.13. The minimum absolute atomic E-state index is 0.552. The number of hydrogen-bond acceptors (Lipinski definition) is 3. The fourth-order valence-corrected chi connectivity index (χ4v) is 2.77. The van der Waals surface area contributed by atoms with Crippen LogP contribution in [0.15, 0.2) is 97.6 Å². The molecule has 0 unspecified atom stereocenters. The maximum atomic E-state index is 5.92. The molecule has 4 nitrogen and oxygen atoms in total. The van der Waals surface area contributed by atoms with Gasteiger partial charge in [0.05, 0.1) is 17.7 Å². The lowest BCUT2D eigenvalue weighted by molar-refractivity contribution is 0.306. The van der Waals surface area contributed by atoms with Gasteiger partial charge in [-0.25, -0.2) is 4.98 Å². The monoisotopic (exact) mass is 341 g/mol. The summed E-state index contributed by atoms with van der Waals surface area (Å²) in [5, 5.41) is 3.47. The summed E-state index contributed by atoms with van der Waals surface area (Å²) in [6, 6.07) is 26.3. The van der Waals surface area contributed by atoms with Crippen LogP contribution in [0, 0.1) is 0 Å². The number of rotatable bonds is 6. The van der Waals surface area contributed by atoms with Gasteiger partial charge in [-0.05, 0) is 29.8 Å². The minimum atomic E-state index is 0.552. The van der Waals surface area contributed by atoms with E-state index in [0.717, 1.165) is 28.4 Å². The molecule has 26 heavy (non-hydrogen) atoms. The number of benzene rings is 3. The topological polar surface area (TPSA) is 39.1 Å². The van der Waals surface area contributed by atoms with Crippen LogP contribution in [0.1, 0.15) is 5.56 Å². The fraction of sp³-hybridized carbons (Fsp3) is 0.0455. The fourth-order valence-electron chi connectivity index (χ4n) is 2.77. The molecule has 1 heterocycles. The summed E-state index contributed by atoms with van der Waals surface area (Å²) in [5.41, 5.74) is 4.17. The van der Waals surface area contributed by atoms with Crippen LogP contribution in [-0.2, 0) is 6.61 Å². The quantitative estimate of drug-likeness (QED) is 0.524. The van der Waals surface area contributed by atoms with Gasteiger partial charge in [0, 0.05) is 24.1 Å². The molecule has 1 N–H and O–H groups in total. The Morgan fingerprint density at radius 3 is 2.58 bits per heavy atom. The summed E-state index contributed by atoms with van der Waals surface area (Å²) in [7, 11) is 0. The molecule has 0 fully saturated rings. The van der Waals surface area contributed by atoms with E-state index in [-0.39, 0.29) is 0 Å². The maximum absolute atomic E-state index is 5.92. The second kappa shape index (κ2) is 7.57. The van der Waals surface area contributed by atoms with Gasteiger partial charge in [0.25, 0.3) is 0 Å². The normalized spacial score (nSPS) is 10.5. The zero-order valence-corrected chi connectivity index (χ0v) is 14.2. The van der Waals surface area contributed by atoms with Crippen molar-refractivity contribution >= 4 is 11.4 Å². The second-order valence-corrected chi connectivity index (χ2v) is 5.91.